The van der Waals surface area contributed by atoms with E-state index in [-0.39, 0.29) is 11.9 Å². The van der Waals surface area contributed by atoms with Crippen LogP contribution in [0, 0.1) is 0 Å². The molecule has 0 aliphatic heterocycles. The lowest BCUT2D eigenvalue weighted by atomic mass is 10.0. The summed E-state index contributed by atoms with van der Waals surface area (Å²) in [6, 6.07) is 17.6. The minimum absolute atomic E-state index is 0.0624. The third-order valence-corrected chi connectivity index (χ3v) is 5.95. The molecule has 3 rings (SSSR count). The molecule has 1 amide bonds. The number of halogens is 2. The lowest BCUT2D eigenvalue weighted by Gasteiger charge is -2.25. The second-order valence-electron chi connectivity index (χ2n) is 6.19. The first-order valence-corrected chi connectivity index (χ1v) is 10.4. The van der Waals surface area contributed by atoms with Gasteiger partial charge in [-0.2, -0.15) is 0 Å². The molecule has 0 saturated carbocycles. The van der Waals surface area contributed by atoms with Crippen molar-refractivity contribution < 1.29 is 4.79 Å². The zero-order valence-corrected chi connectivity index (χ0v) is 17.7. The maximum absolute atomic E-state index is 13.0. The van der Waals surface area contributed by atoms with Gasteiger partial charge < -0.3 is 4.90 Å². The van der Waals surface area contributed by atoms with Crippen LogP contribution in [0.5, 0.6) is 0 Å². The number of amides is 1. The van der Waals surface area contributed by atoms with Crippen molar-refractivity contribution in [3.05, 3.63) is 65.3 Å². The molecule has 0 bridgehead atoms. The van der Waals surface area contributed by atoms with Gasteiger partial charge >= 0.3 is 0 Å². The first kappa shape index (κ1) is 19.1. The molecule has 3 aromatic rings. The van der Waals surface area contributed by atoms with Crippen molar-refractivity contribution in [2.75, 3.05) is 11.5 Å². The van der Waals surface area contributed by atoms with Crippen molar-refractivity contribution in [1.82, 2.24) is 9.88 Å². The number of hydrogen-bond donors (Lipinski definition) is 0. The molecule has 0 spiro atoms. The molecule has 0 aliphatic carbocycles. The molecule has 1 atom stereocenters. The Morgan fingerprint density at radius 2 is 1.88 bits per heavy atom. The molecule has 0 N–H and O–H groups in total. The van der Waals surface area contributed by atoms with Gasteiger partial charge in [0.25, 0.3) is 5.91 Å². The highest BCUT2D eigenvalue weighted by molar-refractivity contribution is 14.1. The van der Waals surface area contributed by atoms with Crippen LogP contribution >= 0.6 is 34.2 Å². The van der Waals surface area contributed by atoms with Gasteiger partial charge in [0.05, 0.1) is 5.69 Å². The molecule has 0 saturated heterocycles. The van der Waals surface area contributed by atoms with Gasteiger partial charge in [-0.15, -0.1) is 0 Å². The number of fused-ring (bicyclic) bond motifs is 1. The topological polar surface area (TPSA) is 33.2 Å². The fraction of sp³-hybridized carbons (Fsp3) is 0.238. The number of aromatic nitrogens is 1. The molecule has 1 aromatic heterocycles. The zero-order valence-electron chi connectivity index (χ0n) is 14.7. The highest BCUT2D eigenvalue weighted by atomic mass is 127. The Balaban J connectivity index is 2.17. The van der Waals surface area contributed by atoms with E-state index < -0.39 is 0 Å². The molecule has 0 radical (unpaired) electrons. The molecule has 0 aliphatic rings. The predicted molar refractivity (Wildman–Crippen MR) is 117 cm³/mol. The summed E-state index contributed by atoms with van der Waals surface area (Å²) in [6.45, 7) is 2.09. The molecule has 134 valence electrons. The third-order valence-electron chi connectivity index (χ3n) is 4.61. The van der Waals surface area contributed by atoms with Crippen LogP contribution in [-0.2, 0) is 0 Å². The Labute approximate surface area is 172 Å². The standard InChI is InChI=1S/C21H20ClIN2O/c1-3-15(13-23)25(2)21(26)19-12-14-8-4-5-9-16(14)20(24-19)17-10-6-7-11-18(17)22/h4-12,15H,3,13H2,1-2H3. The first-order chi connectivity index (χ1) is 12.6. The Morgan fingerprint density at radius 1 is 1.19 bits per heavy atom. The van der Waals surface area contributed by atoms with Crippen molar-refractivity contribution >= 4 is 50.9 Å². The summed E-state index contributed by atoms with van der Waals surface area (Å²) < 4.78 is 0.890. The van der Waals surface area contributed by atoms with Crippen molar-refractivity contribution in [3.63, 3.8) is 0 Å². The SMILES string of the molecule is CCC(CI)N(C)C(=O)c1cc2ccccc2c(-c2ccccc2Cl)n1. The van der Waals surface area contributed by atoms with Crippen LogP contribution in [0.25, 0.3) is 22.0 Å². The van der Waals surface area contributed by atoms with Crippen molar-refractivity contribution in [2.45, 2.75) is 19.4 Å². The summed E-state index contributed by atoms with van der Waals surface area (Å²) >= 11 is 8.73. The van der Waals surface area contributed by atoms with Crippen LogP contribution in [0.4, 0.5) is 0 Å². The van der Waals surface area contributed by atoms with Gasteiger partial charge in [0.15, 0.2) is 0 Å². The summed E-state index contributed by atoms with van der Waals surface area (Å²) in [6.07, 6.45) is 0.913. The van der Waals surface area contributed by atoms with E-state index in [1.54, 1.807) is 4.90 Å². The average Bonchev–Trinajstić information content (AvgIpc) is 2.68. The summed E-state index contributed by atoms with van der Waals surface area (Å²) in [4.78, 5) is 19.6. The fourth-order valence-corrected chi connectivity index (χ4v) is 4.44. The normalized spacial score (nSPS) is 12.2. The molecule has 1 unspecified atom stereocenters. The van der Waals surface area contributed by atoms with Gasteiger partial charge in [-0.05, 0) is 23.9 Å². The van der Waals surface area contributed by atoms with Crippen molar-refractivity contribution in [3.8, 4) is 11.3 Å². The van der Waals surface area contributed by atoms with E-state index in [1.807, 2.05) is 61.6 Å². The monoisotopic (exact) mass is 478 g/mol. The zero-order chi connectivity index (χ0) is 18.7. The number of pyridine rings is 1. The van der Waals surface area contributed by atoms with E-state index in [2.05, 4.69) is 29.5 Å². The second kappa shape index (κ2) is 8.35. The van der Waals surface area contributed by atoms with Crippen LogP contribution in [-0.4, -0.2) is 33.3 Å². The quantitative estimate of drug-likeness (QED) is 0.341. The predicted octanol–water partition coefficient (Wildman–Crippen LogP) is 5.84. The first-order valence-electron chi connectivity index (χ1n) is 8.54. The molecule has 3 nitrogen and oxygen atoms in total. The lowest BCUT2D eigenvalue weighted by Crippen LogP contribution is -2.38. The maximum Gasteiger partial charge on any atom is 0.272 e. The van der Waals surface area contributed by atoms with Gasteiger partial charge in [-0.1, -0.05) is 83.6 Å². The number of carbonyl (C=O) groups is 1. The number of benzene rings is 2. The fourth-order valence-electron chi connectivity index (χ4n) is 3.00. The van der Waals surface area contributed by atoms with Gasteiger partial charge in [0, 0.05) is 33.5 Å². The molecule has 1 heterocycles. The van der Waals surface area contributed by atoms with Crippen LogP contribution < -0.4 is 0 Å². The number of hydrogen-bond acceptors (Lipinski definition) is 2. The van der Waals surface area contributed by atoms with Gasteiger partial charge in [0.1, 0.15) is 5.69 Å². The average molecular weight is 479 g/mol. The van der Waals surface area contributed by atoms with Crippen LogP contribution in [0.3, 0.4) is 0 Å². The van der Waals surface area contributed by atoms with Gasteiger partial charge in [-0.3, -0.25) is 4.79 Å². The number of carbonyl (C=O) groups excluding carboxylic acids is 1. The van der Waals surface area contributed by atoms with E-state index in [0.717, 1.165) is 32.9 Å². The van der Waals surface area contributed by atoms with Crippen molar-refractivity contribution in [2.24, 2.45) is 0 Å². The number of rotatable bonds is 5. The van der Waals surface area contributed by atoms with E-state index >= 15 is 0 Å². The Bertz CT molecular complexity index is 940. The van der Waals surface area contributed by atoms with Crippen molar-refractivity contribution in [1.29, 1.82) is 0 Å². The largest absolute Gasteiger partial charge is 0.337 e. The van der Waals surface area contributed by atoms with E-state index in [4.69, 9.17) is 16.6 Å². The number of alkyl halides is 1. The van der Waals surface area contributed by atoms with Gasteiger partial charge in [-0.25, -0.2) is 4.98 Å². The second-order valence-corrected chi connectivity index (χ2v) is 7.48. The van der Waals surface area contributed by atoms with Crippen LogP contribution in [0.1, 0.15) is 23.8 Å². The highest BCUT2D eigenvalue weighted by Gasteiger charge is 2.22. The van der Waals surface area contributed by atoms with Crippen LogP contribution in [0.2, 0.25) is 5.02 Å². The molecule has 5 heteroatoms. The summed E-state index contributed by atoms with van der Waals surface area (Å²) in [5.41, 5.74) is 2.03. The van der Waals surface area contributed by atoms with E-state index in [9.17, 15) is 4.79 Å². The Hall–Kier alpha value is -1.66. The molecular formula is C21H20ClIN2O. The number of nitrogens with zero attached hydrogens (tertiary/aromatic N) is 2. The minimum Gasteiger partial charge on any atom is -0.337 e. The molecular weight excluding hydrogens is 459 g/mol. The summed E-state index contributed by atoms with van der Waals surface area (Å²) in [5.74, 6) is -0.0624. The summed E-state index contributed by atoms with van der Waals surface area (Å²) in [5, 5.41) is 2.60. The van der Waals surface area contributed by atoms with Gasteiger partial charge in [0.2, 0.25) is 0 Å². The van der Waals surface area contributed by atoms with E-state index in [1.165, 1.54) is 0 Å². The Kier molecular flexibility index (Phi) is 6.14. The smallest absolute Gasteiger partial charge is 0.272 e. The summed E-state index contributed by atoms with van der Waals surface area (Å²) in [7, 11) is 1.85. The van der Waals surface area contributed by atoms with E-state index in [0.29, 0.717) is 10.7 Å². The molecule has 26 heavy (non-hydrogen) atoms. The highest BCUT2D eigenvalue weighted by Crippen LogP contribution is 2.32. The Morgan fingerprint density at radius 3 is 2.58 bits per heavy atom. The molecule has 2 aromatic carbocycles. The lowest BCUT2D eigenvalue weighted by molar-refractivity contribution is 0.0740. The van der Waals surface area contributed by atoms with Crippen LogP contribution in [0.15, 0.2) is 54.6 Å². The molecule has 0 fully saturated rings. The third kappa shape index (κ3) is 3.71. The maximum atomic E-state index is 13.0. The minimum atomic E-state index is -0.0624.